The van der Waals surface area contributed by atoms with Gasteiger partial charge >= 0.3 is 6.09 Å². The molecule has 1 aromatic heterocycles. The first-order valence-electron chi connectivity index (χ1n) is 20.2. The first kappa shape index (κ1) is 37.6. The van der Waals surface area contributed by atoms with E-state index in [4.69, 9.17) is 19.4 Å². The summed E-state index contributed by atoms with van der Waals surface area (Å²) in [7, 11) is -3.99. The Bertz CT molecular complexity index is 1990. The van der Waals surface area contributed by atoms with Gasteiger partial charge in [-0.2, -0.15) is 0 Å². The number of carbonyl (C=O) groups excluding carboxylic acids is 4. The summed E-state index contributed by atoms with van der Waals surface area (Å²) in [6, 6.07) is 5.55. The van der Waals surface area contributed by atoms with E-state index in [2.05, 4.69) is 15.4 Å². The average Bonchev–Trinajstić information content (AvgIpc) is 4.04. The van der Waals surface area contributed by atoms with E-state index < -0.39 is 68.2 Å². The van der Waals surface area contributed by atoms with E-state index in [1.807, 2.05) is 36.4 Å². The highest BCUT2D eigenvalue weighted by molar-refractivity contribution is 7.91. The summed E-state index contributed by atoms with van der Waals surface area (Å²) in [5, 5.41) is 5.83. The second-order valence-electron chi connectivity index (χ2n) is 16.7. The van der Waals surface area contributed by atoms with Crippen LogP contribution in [0.5, 0.6) is 5.88 Å². The van der Waals surface area contributed by atoms with E-state index in [1.165, 1.54) is 4.90 Å². The van der Waals surface area contributed by atoms with Crippen LogP contribution < -0.4 is 20.1 Å². The van der Waals surface area contributed by atoms with Gasteiger partial charge in [-0.15, -0.1) is 0 Å². The van der Waals surface area contributed by atoms with Crippen molar-refractivity contribution in [1.82, 2.24) is 30.2 Å². The van der Waals surface area contributed by atoms with Crippen LogP contribution in [-0.2, 0) is 35.6 Å². The molecule has 8 rings (SSSR count). The van der Waals surface area contributed by atoms with Gasteiger partial charge in [0.1, 0.15) is 35.5 Å². The molecule has 3 aliphatic heterocycles. The Morgan fingerprint density at radius 3 is 2.45 bits per heavy atom. The summed E-state index contributed by atoms with van der Waals surface area (Å²) in [5.41, 5.74) is 0.607. The van der Waals surface area contributed by atoms with E-state index in [-0.39, 0.29) is 31.4 Å². The predicted octanol–water partition coefficient (Wildman–Crippen LogP) is 4.36. The number of rotatable bonds is 3. The smallest absolute Gasteiger partial charge is 0.408 e. The molecule has 0 radical (unpaired) electrons. The molecule has 0 unspecified atom stereocenters. The molecule has 4 fully saturated rings. The third-order valence-electron chi connectivity index (χ3n) is 12.7. The van der Waals surface area contributed by atoms with E-state index in [1.54, 1.807) is 6.92 Å². The van der Waals surface area contributed by atoms with Crippen molar-refractivity contribution in [1.29, 1.82) is 0 Å². The minimum absolute atomic E-state index is 0.0258. The first-order valence-corrected chi connectivity index (χ1v) is 21.7. The number of hydrogen-bond acceptors (Lipinski definition) is 10. The maximum Gasteiger partial charge on any atom is 0.408 e. The molecular weight excluding hydrogens is 725 g/mol. The van der Waals surface area contributed by atoms with Gasteiger partial charge in [-0.25, -0.2) is 23.2 Å². The molecular formula is C40H52N6O8S. The van der Waals surface area contributed by atoms with E-state index >= 15 is 0 Å². The van der Waals surface area contributed by atoms with Crippen molar-refractivity contribution in [2.45, 2.75) is 144 Å². The molecule has 296 valence electrons. The number of sulfonamides is 1. The SMILES string of the molecule is CC1(S(=O)(=O)NC(=O)[C@@]23CC[C@H]2/C=C\CCCCC[C@@H]2NC(=O)O[C@@H]4C[C@H]4CCCCCc4nc5ccccc5nc4O[C@@H]4C[C@@H](C(=O)N3)N(C4)C2=O)CC1. The number of ether oxygens (including phenoxy) is 2. The molecule has 4 heterocycles. The van der Waals surface area contributed by atoms with Crippen LogP contribution in [0.2, 0.25) is 0 Å². The summed E-state index contributed by atoms with van der Waals surface area (Å²) >= 11 is 0. The topological polar surface area (TPSA) is 186 Å². The molecule has 6 aliphatic rings. The molecule has 4 amide bonds. The Morgan fingerprint density at radius 1 is 0.927 bits per heavy atom. The van der Waals surface area contributed by atoms with Crippen LogP contribution in [0, 0.1) is 11.8 Å². The van der Waals surface area contributed by atoms with Crippen molar-refractivity contribution in [2.24, 2.45) is 11.8 Å². The Kier molecular flexibility index (Phi) is 10.3. The zero-order valence-corrected chi connectivity index (χ0v) is 32.3. The number of aryl methyl sites for hydroxylation is 1. The van der Waals surface area contributed by atoms with Crippen LogP contribution in [0.4, 0.5) is 4.79 Å². The molecule has 1 aromatic carbocycles. The van der Waals surface area contributed by atoms with Crippen LogP contribution in [0.1, 0.15) is 109 Å². The number of allylic oxidation sites excluding steroid dienone is 1. The number of hydrogen-bond donors (Lipinski definition) is 3. The number of carbonyl (C=O) groups is 4. The highest BCUT2D eigenvalue weighted by Crippen LogP contribution is 2.45. The average molecular weight is 777 g/mol. The Balaban J connectivity index is 1.13. The lowest BCUT2D eigenvalue weighted by Gasteiger charge is -2.47. The van der Waals surface area contributed by atoms with Gasteiger partial charge in [-0.3, -0.25) is 19.1 Å². The van der Waals surface area contributed by atoms with Crippen LogP contribution in [0.25, 0.3) is 11.0 Å². The fraction of sp³-hybridized carbons (Fsp3) is 0.650. The molecule has 7 atom stereocenters. The molecule has 2 aromatic rings. The number of alkyl carbamates (subject to hydrolysis) is 1. The number of nitrogens with zero attached hydrogens (tertiary/aromatic N) is 3. The second kappa shape index (κ2) is 15.0. The molecule has 3 bridgehead atoms. The molecule has 0 spiro atoms. The highest BCUT2D eigenvalue weighted by Gasteiger charge is 2.58. The van der Waals surface area contributed by atoms with Gasteiger partial charge < -0.3 is 25.0 Å². The molecule has 1 saturated heterocycles. The maximum absolute atomic E-state index is 14.6. The molecule has 15 heteroatoms. The van der Waals surface area contributed by atoms with Crippen molar-refractivity contribution < 1.29 is 37.1 Å². The highest BCUT2D eigenvalue weighted by atomic mass is 32.2. The molecule has 55 heavy (non-hydrogen) atoms. The third-order valence-corrected chi connectivity index (χ3v) is 14.9. The summed E-state index contributed by atoms with van der Waals surface area (Å²) in [4.78, 5) is 67.8. The number of amides is 4. The van der Waals surface area contributed by atoms with Crippen LogP contribution in [0.3, 0.4) is 0 Å². The minimum Gasteiger partial charge on any atom is -0.471 e. The maximum atomic E-state index is 14.6. The number of fused-ring (bicyclic) bond motifs is 6. The first-order chi connectivity index (χ1) is 26.4. The number of nitrogens with one attached hydrogen (secondary N) is 3. The normalized spacial score (nSPS) is 33.2. The number of benzene rings is 1. The quantitative estimate of drug-likeness (QED) is 0.379. The molecule has 14 nitrogen and oxygen atoms in total. The van der Waals surface area contributed by atoms with Crippen LogP contribution in [0.15, 0.2) is 36.4 Å². The Labute approximate surface area is 322 Å². The van der Waals surface area contributed by atoms with Crippen molar-refractivity contribution in [3.8, 4) is 5.88 Å². The molecule has 3 aliphatic carbocycles. The molecule has 3 saturated carbocycles. The summed E-state index contributed by atoms with van der Waals surface area (Å²) in [6.45, 7) is 1.63. The standard InChI is InChI=1S/C40H52N6O8S/c1-39(20-21-39)55(51,52)45-37(49)40-19-18-26(40)13-7-3-2-4-8-17-31-36(48)46-24-27(23-32(46)34(47)44-40)53-35-30(41-28-14-10-11-15-29(28)42-35)16-9-5-6-12-25-22-33(25)54-38(50)43-31/h7,10-11,13-15,25-27,31-33H,2-6,8-9,12,16-24H2,1H3,(H,43,50)(H,44,47)(H,45,49)/b13-7-/t25-,26-,27-,31+,32+,33-,40-/m1/s1. The predicted molar refractivity (Wildman–Crippen MR) is 202 cm³/mol. The van der Waals surface area contributed by atoms with Crippen molar-refractivity contribution in [3.63, 3.8) is 0 Å². The fourth-order valence-electron chi connectivity index (χ4n) is 8.61. The van der Waals surface area contributed by atoms with Crippen LogP contribution >= 0.6 is 0 Å². The van der Waals surface area contributed by atoms with Gasteiger partial charge in [0.2, 0.25) is 27.7 Å². The van der Waals surface area contributed by atoms with Gasteiger partial charge in [-0.05, 0) is 95.6 Å². The number of para-hydroxylation sites is 2. The lowest BCUT2D eigenvalue weighted by molar-refractivity contribution is -0.144. The zero-order valence-electron chi connectivity index (χ0n) is 31.5. The van der Waals surface area contributed by atoms with E-state index in [0.717, 1.165) is 50.5 Å². The van der Waals surface area contributed by atoms with Crippen molar-refractivity contribution in [2.75, 3.05) is 6.54 Å². The second-order valence-corrected chi connectivity index (χ2v) is 18.9. The largest absolute Gasteiger partial charge is 0.471 e. The fourth-order valence-corrected chi connectivity index (χ4v) is 9.92. The summed E-state index contributed by atoms with van der Waals surface area (Å²) < 4.78 is 40.2. The minimum atomic E-state index is -3.99. The van der Waals surface area contributed by atoms with Gasteiger partial charge in [0.25, 0.3) is 5.91 Å². The summed E-state index contributed by atoms with van der Waals surface area (Å²) in [5.74, 6) is -1.58. The van der Waals surface area contributed by atoms with Crippen molar-refractivity contribution >= 4 is 44.9 Å². The lowest BCUT2D eigenvalue weighted by Crippen LogP contribution is -2.70. The van der Waals surface area contributed by atoms with Gasteiger partial charge in [-0.1, -0.05) is 50.0 Å². The van der Waals surface area contributed by atoms with Crippen molar-refractivity contribution in [3.05, 3.63) is 42.1 Å². The third kappa shape index (κ3) is 7.77. The van der Waals surface area contributed by atoms with Gasteiger partial charge in [0.15, 0.2) is 0 Å². The lowest BCUT2D eigenvalue weighted by atomic mass is 9.65. The van der Waals surface area contributed by atoms with Gasteiger partial charge in [0, 0.05) is 12.3 Å². The van der Waals surface area contributed by atoms with E-state index in [0.29, 0.717) is 62.0 Å². The van der Waals surface area contributed by atoms with Gasteiger partial charge in [0.05, 0.1) is 22.3 Å². The monoisotopic (exact) mass is 776 g/mol. The van der Waals surface area contributed by atoms with Crippen LogP contribution in [-0.4, -0.2) is 88.2 Å². The summed E-state index contributed by atoms with van der Waals surface area (Å²) in [6.07, 6.45) is 12.7. The zero-order chi connectivity index (χ0) is 38.4. The Morgan fingerprint density at radius 2 is 1.69 bits per heavy atom. The molecule has 3 N–H and O–H groups in total. The number of aromatic nitrogens is 2. The Hall–Kier alpha value is -4.27. The van der Waals surface area contributed by atoms with E-state index in [9.17, 15) is 27.6 Å².